The minimum atomic E-state index is -0.789. The molecule has 3 N–H and O–H groups in total. The number of carboxylic acid groups (broad SMARTS) is 1. The SMILES string of the molecule is CCCCCCCOc1ccc(CCC(C)(N)CCC(=O)O)cc1. The average molecular weight is 335 g/mol. The molecule has 0 radical (unpaired) electrons. The Hall–Kier alpha value is -1.55. The highest BCUT2D eigenvalue weighted by molar-refractivity contribution is 5.66. The van der Waals surface area contributed by atoms with Crippen LogP contribution in [0.15, 0.2) is 24.3 Å². The molecule has 4 heteroatoms. The molecule has 24 heavy (non-hydrogen) atoms. The molecule has 0 spiro atoms. The van der Waals surface area contributed by atoms with Gasteiger partial charge in [0.05, 0.1) is 6.61 Å². The van der Waals surface area contributed by atoms with Crippen LogP contribution in [0, 0.1) is 0 Å². The highest BCUT2D eigenvalue weighted by Gasteiger charge is 2.19. The summed E-state index contributed by atoms with van der Waals surface area (Å²) in [7, 11) is 0. The van der Waals surface area contributed by atoms with Gasteiger partial charge in [-0.25, -0.2) is 0 Å². The number of hydrogen-bond donors (Lipinski definition) is 2. The fraction of sp³-hybridized carbons (Fsp3) is 0.650. The Morgan fingerprint density at radius 3 is 2.42 bits per heavy atom. The van der Waals surface area contributed by atoms with Crippen LogP contribution in [0.3, 0.4) is 0 Å². The molecule has 0 amide bonds. The van der Waals surface area contributed by atoms with E-state index in [9.17, 15) is 4.79 Å². The third-order valence-electron chi connectivity index (χ3n) is 4.33. The van der Waals surface area contributed by atoms with Crippen molar-refractivity contribution in [1.82, 2.24) is 0 Å². The van der Waals surface area contributed by atoms with E-state index in [0.717, 1.165) is 31.6 Å². The maximum absolute atomic E-state index is 10.6. The van der Waals surface area contributed by atoms with Gasteiger partial charge in [-0.05, 0) is 50.3 Å². The first-order valence-electron chi connectivity index (χ1n) is 9.15. The number of carboxylic acids is 1. The number of hydrogen-bond acceptors (Lipinski definition) is 3. The van der Waals surface area contributed by atoms with E-state index in [1.165, 1.54) is 31.2 Å². The molecule has 1 aromatic rings. The summed E-state index contributed by atoms with van der Waals surface area (Å²) in [5.74, 6) is 0.124. The lowest BCUT2D eigenvalue weighted by Crippen LogP contribution is -2.37. The van der Waals surface area contributed by atoms with Crippen LogP contribution in [0.5, 0.6) is 5.75 Å². The van der Waals surface area contributed by atoms with Crippen LogP contribution in [-0.2, 0) is 11.2 Å². The van der Waals surface area contributed by atoms with Crippen LogP contribution >= 0.6 is 0 Å². The number of nitrogens with two attached hydrogens (primary N) is 1. The van der Waals surface area contributed by atoms with Crippen molar-refractivity contribution < 1.29 is 14.6 Å². The quantitative estimate of drug-likeness (QED) is 0.519. The Balaban J connectivity index is 2.27. The first kappa shape index (κ1) is 20.5. The molecule has 0 bridgehead atoms. The zero-order valence-electron chi connectivity index (χ0n) is 15.2. The molecular formula is C20H33NO3. The summed E-state index contributed by atoms with van der Waals surface area (Å²) in [6.07, 6.45) is 8.45. The lowest BCUT2D eigenvalue weighted by Gasteiger charge is -2.23. The summed E-state index contributed by atoms with van der Waals surface area (Å²) in [6.45, 7) is 4.92. The van der Waals surface area contributed by atoms with Crippen LogP contribution in [0.25, 0.3) is 0 Å². The van der Waals surface area contributed by atoms with E-state index in [4.69, 9.17) is 15.6 Å². The number of unbranched alkanes of at least 4 members (excludes halogenated alkanes) is 4. The third-order valence-corrected chi connectivity index (χ3v) is 4.33. The number of aryl methyl sites for hydroxylation is 1. The molecule has 0 saturated carbocycles. The van der Waals surface area contributed by atoms with Crippen molar-refractivity contribution in [3.05, 3.63) is 29.8 Å². The Morgan fingerprint density at radius 2 is 1.79 bits per heavy atom. The van der Waals surface area contributed by atoms with Crippen LogP contribution < -0.4 is 10.5 Å². The van der Waals surface area contributed by atoms with Gasteiger partial charge in [0.2, 0.25) is 0 Å². The molecule has 1 aromatic carbocycles. The normalized spacial score (nSPS) is 13.5. The highest BCUT2D eigenvalue weighted by Crippen LogP contribution is 2.19. The molecule has 0 aliphatic carbocycles. The van der Waals surface area contributed by atoms with Crippen molar-refractivity contribution in [1.29, 1.82) is 0 Å². The van der Waals surface area contributed by atoms with Crippen LogP contribution in [0.2, 0.25) is 0 Å². The molecule has 0 fully saturated rings. The van der Waals surface area contributed by atoms with Gasteiger partial charge in [-0.15, -0.1) is 0 Å². The second kappa shape index (κ2) is 11.1. The predicted octanol–water partition coefficient (Wildman–Crippen LogP) is 4.55. The average Bonchev–Trinajstić information content (AvgIpc) is 2.56. The maximum Gasteiger partial charge on any atom is 0.303 e. The Kier molecular flexibility index (Phi) is 9.46. The molecule has 4 nitrogen and oxygen atoms in total. The van der Waals surface area contributed by atoms with Crippen molar-refractivity contribution in [3.8, 4) is 5.75 Å². The topological polar surface area (TPSA) is 72.5 Å². The minimum Gasteiger partial charge on any atom is -0.494 e. The monoisotopic (exact) mass is 335 g/mol. The maximum atomic E-state index is 10.6. The van der Waals surface area contributed by atoms with Gasteiger partial charge >= 0.3 is 5.97 Å². The highest BCUT2D eigenvalue weighted by atomic mass is 16.5. The van der Waals surface area contributed by atoms with E-state index in [-0.39, 0.29) is 6.42 Å². The van der Waals surface area contributed by atoms with Crippen LogP contribution in [-0.4, -0.2) is 23.2 Å². The van der Waals surface area contributed by atoms with E-state index in [1.54, 1.807) is 0 Å². The summed E-state index contributed by atoms with van der Waals surface area (Å²) in [4.78, 5) is 10.6. The van der Waals surface area contributed by atoms with Crippen molar-refractivity contribution in [2.45, 2.75) is 77.2 Å². The Labute approximate surface area is 146 Å². The summed E-state index contributed by atoms with van der Waals surface area (Å²) >= 11 is 0. The Morgan fingerprint density at radius 1 is 1.12 bits per heavy atom. The summed E-state index contributed by atoms with van der Waals surface area (Å²) < 4.78 is 5.76. The van der Waals surface area contributed by atoms with Gasteiger partial charge in [-0.2, -0.15) is 0 Å². The largest absolute Gasteiger partial charge is 0.494 e. The number of aliphatic carboxylic acids is 1. The summed E-state index contributed by atoms with van der Waals surface area (Å²) in [5.41, 5.74) is 6.94. The van der Waals surface area contributed by atoms with Crippen LogP contribution in [0.4, 0.5) is 0 Å². The predicted molar refractivity (Wildman–Crippen MR) is 98.5 cm³/mol. The number of rotatable bonds is 13. The van der Waals surface area contributed by atoms with E-state index in [2.05, 4.69) is 19.1 Å². The first-order chi connectivity index (χ1) is 11.4. The molecular weight excluding hydrogens is 302 g/mol. The first-order valence-corrected chi connectivity index (χ1v) is 9.15. The van der Waals surface area contributed by atoms with Gasteiger partial charge in [-0.3, -0.25) is 4.79 Å². The number of benzene rings is 1. The molecule has 0 saturated heterocycles. The zero-order chi connectivity index (χ0) is 17.8. The fourth-order valence-electron chi connectivity index (χ4n) is 2.60. The molecule has 0 aliphatic rings. The van der Waals surface area contributed by atoms with E-state index in [0.29, 0.717) is 6.42 Å². The van der Waals surface area contributed by atoms with E-state index >= 15 is 0 Å². The molecule has 0 aliphatic heterocycles. The minimum absolute atomic E-state index is 0.123. The molecule has 0 heterocycles. The lowest BCUT2D eigenvalue weighted by molar-refractivity contribution is -0.137. The van der Waals surface area contributed by atoms with Gasteiger partial charge < -0.3 is 15.6 Å². The zero-order valence-corrected chi connectivity index (χ0v) is 15.2. The van der Waals surface area contributed by atoms with Crippen molar-refractivity contribution in [2.24, 2.45) is 5.73 Å². The second-order valence-electron chi connectivity index (χ2n) is 6.95. The van der Waals surface area contributed by atoms with Gasteiger partial charge in [0.15, 0.2) is 0 Å². The number of carbonyl (C=O) groups is 1. The molecule has 1 rings (SSSR count). The molecule has 1 unspecified atom stereocenters. The van der Waals surface area contributed by atoms with Gasteiger partial charge in [0, 0.05) is 12.0 Å². The van der Waals surface area contributed by atoms with Gasteiger partial charge in [0.1, 0.15) is 5.75 Å². The standard InChI is InChI=1S/C20H33NO3/c1-3-4-5-6-7-16-24-18-10-8-17(9-11-18)12-14-20(2,21)15-13-19(22)23/h8-11H,3-7,12-16,21H2,1-2H3,(H,22,23). The summed E-state index contributed by atoms with van der Waals surface area (Å²) in [6, 6.07) is 8.15. The Bertz CT molecular complexity index is 468. The van der Waals surface area contributed by atoms with Crippen molar-refractivity contribution in [3.63, 3.8) is 0 Å². The number of ether oxygens (including phenoxy) is 1. The molecule has 136 valence electrons. The van der Waals surface area contributed by atoms with Gasteiger partial charge in [-0.1, -0.05) is 44.7 Å². The lowest BCUT2D eigenvalue weighted by atomic mass is 9.90. The fourth-order valence-corrected chi connectivity index (χ4v) is 2.60. The van der Waals surface area contributed by atoms with Gasteiger partial charge in [0.25, 0.3) is 0 Å². The van der Waals surface area contributed by atoms with Crippen molar-refractivity contribution >= 4 is 5.97 Å². The van der Waals surface area contributed by atoms with Crippen molar-refractivity contribution in [2.75, 3.05) is 6.61 Å². The second-order valence-corrected chi connectivity index (χ2v) is 6.95. The van der Waals surface area contributed by atoms with Crippen LogP contribution in [0.1, 0.15) is 70.8 Å². The third kappa shape index (κ3) is 9.56. The smallest absolute Gasteiger partial charge is 0.303 e. The summed E-state index contributed by atoms with van der Waals surface area (Å²) in [5, 5.41) is 8.75. The van der Waals surface area contributed by atoms with E-state index < -0.39 is 11.5 Å². The van der Waals surface area contributed by atoms with E-state index in [1.807, 2.05) is 19.1 Å². The molecule has 0 aromatic heterocycles. The molecule has 1 atom stereocenters.